The molecule has 0 aliphatic carbocycles. The lowest BCUT2D eigenvalue weighted by Crippen LogP contribution is -2.31. The van der Waals surface area contributed by atoms with Gasteiger partial charge in [0.1, 0.15) is 0 Å². The lowest BCUT2D eigenvalue weighted by Gasteiger charge is -2.14. The summed E-state index contributed by atoms with van der Waals surface area (Å²) < 4.78 is 0. The Balaban J connectivity index is 1.90. The van der Waals surface area contributed by atoms with Crippen LogP contribution in [0.25, 0.3) is 0 Å². The van der Waals surface area contributed by atoms with E-state index in [9.17, 15) is 9.59 Å². The van der Waals surface area contributed by atoms with Crippen molar-refractivity contribution in [1.82, 2.24) is 15.6 Å². The predicted molar refractivity (Wildman–Crippen MR) is 93.8 cm³/mol. The molecule has 0 aliphatic heterocycles. The Morgan fingerprint density at radius 2 is 1.96 bits per heavy atom. The molecule has 0 radical (unpaired) electrons. The summed E-state index contributed by atoms with van der Waals surface area (Å²) in [6.45, 7) is 5.81. The van der Waals surface area contributed by atoms with Gasteiger partial charge in [-0.05, 0) is 43.3 Å². The average molecular weight is 324 g/mol. The van der Waals surface area contributed by atoms with E-state index in [-0.39, 0.29) is 18.0 Å². The van der Waals surface area contributed by atoms with Gasteiger partial charge in [-0.3, -0.25) is 9.78 Å². The maximum atomic E-state index is 12.0. The highest BCUT2D eigenvalue weighted by atomic mass is 16.2. The fourth-order valence-electron chi connectivity index (χ4n) is 2.04. The summed E-state index contributed by atoms with van der Waals surface area (Å²) in [4.78, 5) is 28.0. The van der Waals surface area contributed by atoms with Crippen molar-refractivity contribution in [3.8, 4) is 0 Å². The summed E-state index contributed by atoms with van der Waals surface area (Å²) in [7, 11) is 0. The third-order valence-corrected chi connectivity index (χ3v) is 3.29. The number of carbonyl (C=O) groups is 2. The summed E-state index contributed by atoms with van der Waals surface area (Å²) in [5.74, 6) is -0.185. The maximum Gasteiger partial charge on any atom is 0.319 e. The second-order valence-corrected chi connectivity index (χ2v) is 5.15. The van der Waals surface area contributed by atoms with Gasteiger partial charge in [0, 0.05) is 24.0 Å². The number of urea groups is 1. The summed E-state index contributed by atoms with van der Waals surface area (Å²) in [6, 6.07) is 11.6. The predicted octanol–water partition coefficient (Wildman–Crippen LogP) is 2.88. The van der Waals surface area contributed by atoms with Gasteiger partial charge in [-0.15, -0.1) is 6.58 Å². The van der Waals surface area contributed by atoms with Gasteiger partial charge in [-0.2, -0.15) is 0 Å². The first kappa shape index (κ1) is 17.2. The molecule has 1 heterocycles. The molecule has 0 saturated carbocycles. The molecule has 3 amide bonds. The number of pyridine rings is 1. The fraction of sp³-hybridized carbons (Fsp3) is 0.167. The first-order valence-corrected chi connectivity index (χ1v) is 7.57. The summed E-state index contributed by atoms with van der Waals surface area (Å²) in [5.41, 5.74) is 1.90. The molecule has 6 heteroatoms. The topological polar surface area (TPSA) is 83.1 Å². The van der Waals surface area contributed by atoms with Crippen molar-refractivity contribution in [3.05, 3.63) is 72.6 Å². The van der Waals surface area contributed by atoms with Crippen LogP contribution < -0.4 is 16.0 Å². The highest BCUT2D eigenvalue weighted by Crippen LogP contribution is 2.11. The molecule has 24 heavy (non-hydrogen) atoms. The van der Waals surface area contributed by atoms with E-state index in [2.05, 4.69) is 27.5 Å². The molecule has 0 saturated heterocycles. The number of hydrogen-bond acceptors (Lipinski definition) is 3. The molecule has 0 aliphatic rings. The van der Waals surface area contributed by atoms with Gasteiger partial charge in [0.25, 0.3) is 5.91 Å². The quantitative estimate of drug-likeness (QED) is 0.715. The van der Waals surface area contributed by atoms with E-state index in [1.807, 2.05) is 25.1 Å². The van der Waals surface area contributed by atoms with E-state index in [1.54, 1.807) is 36.5 Å². The zero-order valence-corrected chi connectivity index (χ0v) is 13.5. The van der Waals surface area contributed by atoms with E-state index in [0.717, 1.165) is 5.69 Å². The second kappa shape index (κ2) is 8.47. The monoisotopic (exact) mass is 324 g/mol. The zero-order chi connectivity index (χ0) is 17.4. The van der Waals surface area contributed by atoms with Crippen LogP contribution in [0.3, 0.4) is 0 Å². The Labute approximate surface area is 141 Å². The Morgan fingerprint density at radius 3 is 2.58 bits per heavy atom. The number of nitrogens with one attached hydrogen (secondary N) is 3. The van der Waals surface area contributed by atoms with Crippen LogP contribution in [0.5, 0.6) is 0 Å². The summed E-state index contributed by atoms with van der Waals surface area (Å²) in [5, 5.41) is 8.22. The van der Waals surface area contributed by atoms with Gasteiger partial charge in [-0.25, -0.2) is 4.79 Å². The van der Waals surface area contributed by atoms with Gasteiger partial charge in [0.15, 0.2) is 0 Å². The van der Waals surface area contributed by atoms with Crippen molar-refractivity contribution in [2.24, 2.45) is 0 Å². The first-order chi connectivity index (χ1) is 11.6. The molecule has 2 aromatic rings. The SMILES string of the molecule is C=CCNC(=O)c1ccc(NC(=O)NC(C)c2ccccn2)cc1. The van der Waals surface area contributed by atoms with Gasteiger partial charge >= 0.3 is 6.03 Å². The van der Waals surface area contributed by atoms with E-state index in [1.165, 1.54) is 0 Å². The summed E-state index contributed by atoms with van der Waals surface area (Å²) >= 11 is 0. The van der Waals surface area contributed by atoms with E-state index in [4.69, 9.17) is 0 Å². The number of aromatic nitrogens is 1. The third kappa shape index (κ3) is 4.95. The molecule has 1 aromatic carbocycles. The van der Waals surface area contributed by atoms with Crippen LogP contribution in [0, 0.1) is 0 Å². The second-order valence-electron chi connectivity index (χ2n) is 5.15. The molecule has 1 atom stereocenters. The molecule has 6 nitrogen and oxygen atoms in total. The third-order valence-electron chi connectivity index (χ3n) is 3.29. The Morgan fingerprint density at radius 1 is 1.21 bits per heavy atom. The molecule has 1 unspecified atom stereocenters. The van der Waals surface area contributed by atoms with Crippen LogP contribution in [0.1, 0.15) is 29.0 Å². The van der Waals surface area contributed by atoms with Crippen molar-refractivity contribution in [2.75, 3.05) is 11.9 Å². The minimum Gasteiger partial charge on any atom is -0.349 e. The van der Waals surface area contributed by atoms with Crippen LogP contribution in [-0.4, -0.2) is 23.5 Å². The molecule has 0 bridgehead atoms. The number of nitrogens with zero attached hydrogens (tertiary/aromatic N) is 1. The fourth-order valence-corrected chi connectivity index (χ4v) is 2.04. The molecule has 3 N–H and O–H groups in total. The molecule has 0 fully saturated rings. The molecule has 0 spiro atoms. The number of rotatable bonds is 6. The van der Waals surface area contributed by atoms with E-state index >= 15 is 0 Å². The molecule has 124 valence electrons. The van der Waals surface area contributed by atoms with Crippen molar-refractivity contribution < 1.29 is 9.59 Å². The normalized spacial score (nSPS) is 11.2. The van der Waals surface area contributed by atoms with Crippen molar-refractivity contribution in [2.45, 2.75) is 13.0 Å². The van der Waals surface area contributed by atoms with Crippen LogP contribution in [0.15, 0.2) is 61.3 Å². The molecular formula is C18H20N4O2. The minimum atomic E-state index is -0.336. The standard InChI is InChI=1S/C18H20N4O2/c1-3-11-20-17(23)14-7-9-15(10-8-14)22-18(24)21-13(2)16-6-4-5-12-19-16/h3-10,12-13H,1,11H2,2H3,(H,20,23)(H2,21,22,24). The number of amides is 3. The first-order valence-electron chi connectivity index (χ1n) is 7.57. The van der Waals surface area contributed by atoms with Crippen LogP contribution >= 0.6 is 0 Å². The molecule has 2 rings (SSSR count). The van der Waals surface area contributed by atoms with Gasteiger partial charge in [0.2, 0.25) is 0 Å². The van der Waals surface area contributed by atoms with Crippen LogP contribution in [0.2, 0.25) is 0 Å². The maximum absolute atomic E-state index is 12.0. The van der Waals surface area contributed by atoms with E-state index in [0.29, 0.717) is 17.8 Å². The Kier molecular flexibility index (Phi) is 6.08. The highest BCUT2D eigenvalue weighted by Gasteiger charge is 2.10. The number of anilines is 1. The Bertz CT molecular complexity index is 699. The van der Waals surface area contributed by atoms with Crippen molar-refractivity contribution >= 4 is 17.6 Å². The van der Waals surface area contributed by atoms with Crippen molar-refractivity contribution in [3.63, 3.8) is 0 Å². The largest absolute Gasteiger partial charge is 0.349 e. The highest BCUT2D eigenvalue weighted by molar-refractivity contribution is 5.95. The number of benzene rings is 1. The van der Waals surface area contributed by atoms with Gasteiger partial charge < -0.3 is 16.0 Å². The summed E-state index contributed by atoms with van der Waals surface area (Å²) in [6.07, 6.45) is 3.29. The lowest BCUT2D eigenvalue weighted by molar-refractivity contribution is 0.0958. The molecular weight excluding hydrogens is 304 g/mol. The zero-order valence-electron chi connectivity index (χ0n) is 13.5. The van der Waals surface area contributed by atoms with Gasteiger partial charge in [-0.1, -0.05) is 12.1 Å². The van der Waals surface area contributed by atoms with Crippen LogP contribution in [-0.2, 0) is 0 Å². The minimum absolute atomic E-state index is 0.185. The van der Waals surface area contributed by atoms with Crippen LogP contribution in [0.4, 0.5) is 10.5 Å². The smallest absolute Gasteiger partial charge is 0.319 e. The lowest BCUT2D eigenvalue weighted by atomic mass is 10.2. The van der Waals surface area contributed by atoms with Gasteiger partial charge in [0.05, 0.1) is 11.7 Å². The van der Waals surface area contributed by atoms with Crippen molar-refractivity contribution in [1.29, 1.82) is 0 Å². The Hall–Kier alpha value is -3.15. The molecule has 1 aromatic heterocycles. The average Bonchev–Trinajstić information content (AvgIpc) is 2.61. The van der Waals surface area contributed by atoms with E-state index < -0.39 is 0 Å². The number of hydrogen-bond donors (Lipinski definition) is 3. The number of carbonyl (C=O) groups excluding carboxylic acids is 2.